The summed E-state index contributed by atoms with van der Waals surface area (Å²) < 4.78 is 26.0. The number of carbonyl (C=O) groups is 2. The molecule has 33 heavy (non-hydrogen) atoms. The highest BCUT2D eigenvalue weighted by atomic mass is 35.5. The van der Waals surface area contributed by atoms with Crippen LogP contribution in [0.15, 0.2) is 42.5 Å². The van der Waals surface area contributed by atoms with Crippen molar-refractivity contribution in [3.8, 4) is 0 Å². The molecule has 2 amide bonds. The van der Waals surface area contributed by atoms with Crippen LogP contribution in [-0.4, -0.2) is 50.5 Å². The topological polar surface area (TPSA) is 86.8 Å². The van der Waals surface area contributed by atoms with Crippen molar-refractivity contribution < 1.29 is 18.0 Å². The van der Waals surface area contributed by atoms with E-state index in [9.17, 15) is 18.0 Å². The standard InChI is InChI=1S/C22H26Cl3N3O4S/c1-4-20(22(30)26-5-2)27(13-15-8-6-7-9-17(15)23)21(29)14-28(33(3,31)32)16-10-11-18(24)19(25)12-16/h6-12,20H,4-5,13-14H2,1-3H3,(H,26,30)/t20-/m1/s1. The molecule has 0 spiro atoms. The van der Waals surface area contributed by atoms with Crippen LogP contribution in [0.2, 0.25) is 15.1 Å². The van der Waals surface area contributed by atoms with E-state index < -0.39 is 28.5 Å². The van der Waals surface area contributed by atoms with Crippen molar-refractivity contribution in [2.24, 2.45) is 0 Å². The fraction of sp³-hybridized carbons (Fsp3) is 0.364. The second-order valence-electron chi connectivity index (χ2n) is 7.30. The van der Waals surface area contributed by atoms with Gasteiger partial charge in [-0.3, -0.25) is 13.9 Å². The molecule has 0 saturated heterocycles. The van der Waals surface area contributed by atoms with Gasteiger partial charge in [0.15, 0.2) is 0 Å². The number of likely N-dealkylation sites (N-methyl/N-ethyl adjacent to an activating group) is 1. The first-order chi connectivity index (χ1) is 15.5. The van der Waals surface area contributed by atoms with Crippen LogP contribution < -0.4 is 9.62 Å². The van der Waals surface area contributed by atoms with Crippen LogP contribution in [0, 0.1) is 0 Å². The number of carbonyl (C=O) groups excluding carboxylic acids is 2. The van der Waals surface area contributed by atoms with Gasteiger partial charge in [-0.2, -0.15) is 0 Å². The van der Waals surface area contributed by atoms with E-state index in [-0.39, 0.29) is 28.2 Å². The molecule has 11 heteroatoms. The van der Waals surface area contributed by atoms with Gasteiger partial charge in [0.2, 0.25) is 21.8 Å². The highest BCUT2D eigenvalue weighted by Crippen LogP contribution is 2.29. The minimum absolute atomic E-state index is 0.0348. The van der Waals surface area contributed by atoms with Gasteiger partial charge >= 0.3 is 0 Å². The lowest BCUT2D eigenvalue weighted by molar-refractivity contribution is -0.140. The molecular formula is C22H26Cl3N3O4S. The first-order valence-corrected chi connectivity index (χ1v) is 13.2. The third kappa shape index (κ3) is 7.24. The predicted octanol–water partition coefficient (Wildman–Crippen LogP) is 4.36. The molecule has 0 aliphatic rings. The molecule has 0 heterocycles. The molecule has 0 aliphatic carbocycles. The van der Waals surface area contributed by atoms with Gasteiger partial charge in [-0.25, -0.2) is 8.42 Å². The number of amides is 2. The maximum absolute atomic E-state index is 13.5. The zero-order valence-corrected chi connectivity index (χ0v) is 21.6. The zero-order valence-electron chi connectivity index (χ0n) is 18.5. The predicted molar refractivity (Wildman–Crippen MR) is 133 cm³/mol. The monoisotopic (exact) mass is 533 g/mol. The summed E-state index contributed by atoms with van der Waals surface area (Å²) in [6.07, 6.45) is 1.32. The molecular weight excluding hydrogens is 509 g/mol. The van der Waals surface area contributed by atoms with E-state index in [1.807, 2.05) is 0 Å². The molecule has 7 nitrogen and oxygen atoms in total. The summed E-state index contributed by atoms with van der Waals surface area (Å²) >= 11 is 18.3. The Bertz CT molecular complexity index is 1110. The summed E-state index contributed by atoms with van der Waals surface area (Å²) in [5.41, 5.74) is 0.819. The average molecular weight is 535 g/mol. The molecule has 2 aromatic rings. The van der Waals surface area contributed by atoms with E-state index >= 15 is 0 Å². The quantitative estimate of drug-likeness (QED) is 0.491. The second-order valence-corrected chi connectivity index (χ2v) is 10.4. The van der Waals surface area contributed by atoms with Crippen LogP contribution in [0.3, 0.4) is 0 Å². The Kier molecular flexibility index (Phi) is 9.84. The number of nitrogens with zero attached hydrogens (tertiary/aromatic N) is 2. The van der Waals surface area contributed by atoms with Crippen molar-refractivity contribution in [2.75, 3.05) is 23.7 Å². The summed E-state index contributed by atoms with van der Waals surface area (Å²) in [4.78, 5) is 27.6. The second kappa shape index (κ2) is 11.9. The van der Waals surface area contributed by atoms with E-state index in [4.69, 9.17) is 34.8 Å². The van der Waals surface area contributed by atoms with Crippen LogP contribution in [0.25, 0.3) is 0 Å². The van der Waals surface area contributed by atoms with Gasteiger partial charge in [-0.05, 0) is 43.2 Å². The van der Waals surface area contributed by atoms with Gasteiger partial charge in [0.1, 0.15) is 12.6 Å². The molecule has 1 N–H and O–H groups in total. The molecule has 0 aliphatic heterocycles. The summed E-state index contributed by atoms with van der Waals surface area (Å²) in [7, 11) is -3.86. The maximum Gasteiger partial charge on any atom is 0.244 e. The highest BCUT2D eigenvalue weighted by molar-refractivity contribution is 7.92. The maximum atomic E-state index is 13.5. The lowest BCUT2D eigenvalue weighted by atomic mass is 10.1. The normalized spacial score (nSPS) is 12.2. The van der Waals surface area contributed by atoms with Crippen LogP contribution in [-0.2, 0) is 26.2 Å². The molecule has 0 bridgehead atoms. The number of anilines is 1. The summed E-state index contributed by atoms with van der Waals surface area (Å²) in [6.45, 7) is 3.45. The van der Waals surface area contributed by atoms with E-state index in [0.717, 1.165) is 10.6 Å². The Hall–Kier alpha value is -2.00. The third-order valence-electron chi connectivity index (χ3n) is 4.91. The highest BCUT2D eigenvalue weighted by Gasteiger charge is 2.32. The fourth-order valence-corrected chi connectivity index (χ4v) is 4.60. The van der Waals surface area contributed by atoms with Crippen LogP contribution >= 0.6 is 34.8 Å². The minimum Gasteiger partial charge on any atom is -0.355 e. The van der Waals surface area contributed by atoms with Crippen LogP contribution in [0.5, 0.6) is 0 Å². The number of hydrogen-bond acceptors (Lipinski definition) is 4. The Morgan fingerprint density at radius 3 is 2.21 bits per heavy atom. The van der Waals surface area contributed by atoms with E-state index in [0.29, 0.717) is 23.6 Å². The Balaban J connectivity index is 2.47. The molecule has 1 atom stereocenters. The largest absolute Gasteiger partial charge is 0.355 e. The first kappa shape index (κ1) is 27.2. The van der Waals surface area contributed by atoms with Gasteiger partial charge in [0.25, 0.3) is 0 Å². The molecule has 0 unspecified atom stereocenters. The molecule has 0 fully saturated rings. The van der Waals surface area contributed by atoms with Crippen molar-refractivity contribution in [3.63, 3.8) is 0 Å². The number of benzene rings is 2. The summed E-state index contributed by atoms with van der Waals surface area (Å²) in [5.74, 6) is -0.898. The van der Waals surface area contributed by atoms with Crippen molar-refractivity contribution >= 4 is 62.3 Å². The third-order valence-corrected chi connectivity index (χ3v) is 7.15. The van der Waals surface area contributed by atoms with Gasteiger partial charge in [0.05, 0.1) is 22.0 Å². The summed E-state index contributed by atoms with van der Waals surface area (Å²) in [5, 5.41) is 3.57. The lowest BCUT2D eigenvalue weighted by Gasteiger charge is -2.33. The Morgan fingerprint density at radius 1 is 1.00 bits per heavy atom. The van der Waals surface area contributed by atoms with Gasteiger partial charge in [0, 0.05) is 18.1 Å². The molecule has 0 aromatic heterocycles. The minimum atomic E-state index is -3.86. The SMILES string of the molecule is CCNC(=O)[C@@H](CC)N(Cc1ccccc1Cl)C(=O)CN(c1ccc(Cl)c(Cl)c1)S(C)(=O)=O. The summed E-state index contributed by atoms with van der Waals surface area (Å²) in [6, 6.07) is 10.4. The Morgan fingerprint density at radius 2 is 1.67 bits per heavy atom. The number of rotatable bonds is 10. The number of sulfonamides is 1. The van der Waals surface area contributed by atoms with Gasteiger partial charge < -0.3 is 10.2 Å². The molecule has 180 valence electrons. The first-order valence-electron chi connectivity index (χ1n) is 10.2. The lowest BCUT2D eigenvalue weighted by Crippen LogP contribution is -2.52. The van der Waals surface area contributed by atoms with Gasteiger partial charge in [-0.1, -0.05) is 59.9 Å². The van der Waals surface area contributed by atoms with E-state index in [2.05, 4.69) is 5.32 Å². The molecule has 2 aromatic carbocycles. The van der Waals surface area contributed by atoms with Crippen molar-refractivity contribution in [2.45, 2.75) is 32.9 Å². The molecule has 0 saturated carbocycles. The molecule has 0 radical (unpaired) electrons. The van der Waals surface area contributed by atoms with Crippen LogP contribution in [0.1, 0.15) is 25.8 Å². The fourth-order valence-electron chi connectivity index (χ4n) is 3.28. The number of halogens is 3. The van der Waals surface area contributed by atoms with E-state index in [1.54, 1.807) is 38.1 Å². The average Bonchev–Trinajstić information content (AvgIpc) is 2.74. The Labute approximate surface area is 209 Å². The van der Waals surface area contributed by atoms with Crippen molar-refractivity contribution in [1.29, 1.82) is 0 Å². The van der Waals surface area contributed by atoms with E-state index in [1.165, 1.54) is 23.1 Å². The van der Waals surface area contributed by atoms with Crippen molar-refractivity contribution in [1.82, 2.24) is 10.2 Å². The van der Waals surface area contributed by atoms with Crippen LogP contribution in [0.4, 0.5) is 5.69 Å². The van der Waals surface area contributed by atoms with Gasteiger partial charge in [-0.15, -0.1) is 0 Å². The number of nitrogens with one attached hydrogen (secondary N) is 1. The smallest absolute Gasteiger partial charge is 0.244 e. The van der Waals surface area contributed by atoms with Crippen molar-refractivity contribution in [3.05, 3.63) is 63.1 Å². The number of hydrogen-bond donors (Lipinski definition) is 1. The zero-order chi connectivity index (χ0) is 24.8. The molecule has 2 rings (SSSR count).